The van der Waals surface area contributed by atoms with E-state index in [2.05, 4.69) is 10.3 Å². The van der Waals surface area contributed by atoms with Gasteiger partial charge in [0.05, 0.1) is 15.7 Å². The SMILES string of the molecule is O=C(NS(=O)(=O)c1ccccc1Cl)c1nnn(-c2cc(Cl)ccc2Cl)c1C(F)(F)F. The van der Waals surface area contributed by atoms with Gasteiger partial charge in [0.2, 0.25) is 0 Å². The van der Waals surface area contributed by atoms with Crippen LogP contribution in [0, 0.1) is 0 Å². The predicted octanol–water partition coefficient (Wildman–Crippen LogP) is 4.37. The van der Waals surface area contributed by atoms with Gasteiger partial charge in [-0.3, -0.25) is 4.79 Å². The van der Waals surface area contributed by atoms with E-state index in [1.807, 2.05) is 0 Å². The third-order valence-electron chi connectivity index (χ3n) is 3.64. The highest BCUT2D eigenvalue weighted by Gasteiger charge is 2.43. The van der Waals surface area contributed by atoms with Crippen LogP contribution in [-0.4, -0.2) is 29.3 Å². The van der Waals surface area contributed by atoms with E-state index in [0.29, 0.717) is 0 Å². The molecule has 0 radical (unpaired) electrons. The highest BCUT2D eigenvalue weighted by atomic mass is 35.5. The Morgan fingerprint density at radius 1 is 1.03 bits per heavy atom. The molecule has 0 bridgehead atoms. The lowest BCUT2D eigenvalue weighted by Crippen LogP contribution is -2.33. The number of alkyl halides is 3. The zero-order valence-corrected chi connectivity index (χ0v) is 17.4. The minimum atomic E-state index is -5.14. The van der Waals surface area contributed by atoms with Crippen LogP contribution < -0.4 is 4.72 Å². The van der Waals surface area contributed by atoms with Crippen LogP contribution in [-0.2, 0) is 16.2 Å². The maximum absolute atomic E-state index is 13.7. The zero-order valence-electron chi connectivity index (χ0n) is 14.3. The number of benzene rings is 2. The van der Waals surface area contributed by atoms with Crippen LogP contribution in [0.15, 0.2) is 47.4 Å². The molecule has 3 aromatic rings. The summed E-state index contributed by atoms with van der Waals surface area (Å²) in [7, 11) is -4.59. The third-order valence-corrected chi connectivity index (χ3v) is 6.03. The molecule has 1 N–H and O–H groups in total. The molecule has 1 aromatic heterocycles. The van der Waals surface area contributed by atoms with Crippen molar-refractivity contribution in [1.82, 2.24) is 19.7 Å². The van der Waals surface area contributed by atoms with Crippen molar-refractivity contribution in [3.05, 3.63) is 68.9 Å². The summed E-state index contributed by atoms with van der Waals surface area (Å²) in [6.07, 6.45) is -5.14. The van der Waals surface area contributed by atoms with Crippen LogP contribution in [0.3, 0.4) is 0 Å². The number of nitrogens with one attached hydrogen (secondary N) is 1. The van der Waals surface area contributed by atoms with Crippen LogP contribution in [0.2, 0.25) is 15.1 Å². The van der Waals surface area contributed by atoms with Crippen molar-refractivity contribution in [3.63, 3.8) is 0 Å². The van der Waals surface area contributed by atoms with Crippen molar-refractivity contribution < 1.29 is 26.4 Å². The first-order valence-electron chi connectivity index (χ1n) is 7.72. The van der Waals surface area contributed by atoms with E-state index >= 15 is 0 Å². The average Bonchev–Trinajstić information content (AvgIpc) is 3.09. The van der Waals surface area contributed by atoms with E-state index in [1.54, 1.807) is 0 Å². The molecule has 0 aliphatic carbocycles. The molecule has 158 valence electrons. The Morgan fingerprint density at radius 2 is 1.70 bits per heavy atom. The van der Waals surface area contributed by atoms with E-state index in [1.165, 1.54) is 35.1 Å². The molecule has 1 amide bonds. The number of amides is 1. The largest absolute Gasteiger partial charge is 0.435 e. The van der Waals surface area contributed by atoms with Gasteiger partial charge in [0, 0.05) is 5.02 Å². The molecule has 0 aliphatic rings. The van der Waals surface area contributed by atoms with E-state index in [4.69, 9.17) is 34.8 Å². The molecule has 0 aliphatic heterocycles. The molecule has 0 saturated carbocycles. The number of carbonyl (C=O) groups is 1. The van der Waals surface area contributed by atoms with Crippen LogP contribution in [0.1, 0.15) is 16.2 Å². The second-order valence-electron chi connectivity index (χ2n) is 5.66. The molecule has 1 heterocycles. The lowest BCUT2D eigenvalue weighted by Gasteiger charge is -2.13. The molecule has 14 heteroatoms. The number of carbonyl (C=O) groups excluding carboxylic acids is 1. The number of halogens is 6. The molecule has 0 fully saturated rings. The maximum Gasteiger partial charge on any atom is 0.435 e. The molecule has 0 saturated heterocycles. The fourth-order valence-electron chi connectivity index (χ4n) is 2.39. The second-order valence-corrected chi connectivity index (χ2v) is 8.56. The number of aromatic nitrogens is 3. The fraction of sp³-hybridized carbons (Fsp3) is 0.0625. The van der Waals surface area contributed by atoms with Crippen molar-refractivity contribution in [2.75, 3.05) is 0 Å². The summed E-state index contributed by atoms with van der Waals surface area (Å²) >= 11 is 17.5. The van der Waals surface area contributed by atoms with E-state index < -0.39 is 38.4 Å². The highest BCUT2D eigenvalue weighted by Crippen LogP contribution is 2.35. The number of hydrogen-bond donors (Lipinski definition) is 1. The molecule has 0 spiro atoms. The minimum absolute atomic E-state index is 0.0466. The van der Waals surface area contributed by atoms with Gasteiger partial charge in [0.15, 0.2) is 11.4 Å². The molecule has 2 aromatic carbocycles. The topological polar surface area (TPSA) is 93.9 Å². The normalized spacial score (nSPS) is 12.1. The minimum Gasteiger partial charge on any atom is -0.266 e. The van der Waals surface area contributed by atoms with Gasteiger partial charge in [-0.2, -0.15) is 13.2 Å². The molecule has 7 nitrogen and oxygen atoms in total. The Morgan fingerprint density at radius 3 is 2.33 bits per heavy atom. The van der Waals surface area contributed by atoms with Crippen molar-refractivity contribution in [1.29, 1.82) is 0 Å². The standard InChI is InChI=1S/C16H8Cl3F3N4O3S/c17-8-5-6-9(18)11(7-8)26-14(16(20,21)22)13(23-25-26)15(27)24-30(28,29)12-4-2-1-3-10(12)19/h1-7H,(H,24,27). The Labute approximate surface area is 182 Å². The summed E-state index contributed by atoms with van der Waals surface area (Å²) in [6, 6.07) is 8.71. The van der Waals surface area contributed by atoms with Crippen LogP contribution >= 0.6 is 34.8 Å². The van der Waals surface area contributed by atoms with Crippen LogP contribution in [0.25, 0.3) is 5.69 Å². The molecule has 30 heavy (non-hydrogen) atoms. The lowest BCUT2D eigenvalue weighted by atomic mass is 10.2. The van der Waals surface area contributed by atoms with E-state index in [-0.39, 0.29) is 25.4 Å². The molecule has 3 rings (SSSR count). The van der Waals surface area contributed by atoms with Gasteiger partial charge in [-0.1, -0.05) is 52.1 Å². The molecule has 0 unspecified atom stereocenters. The fourth-order valence-corrected chi connectivity index (χ4v) is 4.23. The van der Waals surface area contributed by atoms with Crippen molar-refractivity contribution in [2.24, 2.45) is 0 Å². The summed E-state index contributed by atoms with van der Waals surface area (Å²) in [4.78, 5) is 11.9. The van der Waals surface area contributed by atoms with Gasteiger partial charge < -0.3 is 0 Å². The summed E-state index contributed by atoms with van der Waals surface area (Å²) < 4.78 is 67.7. The Hall–Kier alpha value is -2.34. The van der Waals surface area contributed by atoms with Gasteiger partial charge in [-0.05, 0) is 30.3 Å². The number of rotatable bonds is 4. The average molecular weight is 500 g/mol. The molecule has 0 atom stereocenters. The summed E-state index contributed by atoms with van der Waals surface area (Å²) in [6.45, 7) is 0. The first-order valence-corrected chi connectivity index (χ1v) is 10.3. The summed E-state index contributed by atoms with van der Waals surface area (Å²) in [5.74, 6) is -1.66. The Kier molecular flexibility index (Phi) is 6.01. The Balaban J connectivity index is 2.09. The number of sulfonamides is 1. The summed E-state index contributed by atoms with van der Waals surface area (Å²) in [5.41, 5.74) is -3.23. The molecular formula is C16H8Cl3F3N4O3S. The maximum atomic E-state index is 13.7. The Bertz CT molecular complexity index is 1250. The first kappa shape index (κ1) is 22.3. The van der Waals surface area contributed by atoms with Gasteiger partial charge in [0.25, 0.3) is 15.9 Å². The second kappa shape index (κ2) is 8.06. The monoisotopic (exact) mass is 498 g/mol. The molecular weight excluding hydrogens is 492 g/mol. The third kappa shape index (κ3) is 4.38. The quantitative estimate of drug-likeness (QED) is 0.575. The first-order chi connectivity index (χ1) is 13.9. The van der Waals surface area contributed by atoms with Gasteiger partial charge in [0.1, 0.15) is 4.90 Å². The van der Waals surface area contributed by atoms with Crippen molar-refractivity contribution in [3.8, 4) is 5.69 Å². The van der Waals surface area contributed by atoms with Crippen LogP contribution in [0.5, 0.6) is 0 Å². The van der Waals surface area contributed by atoms with Crippen LogP contribution in [0.4, 0.5) is 13.2 Å². The van der Waals surface area contributed by atoms with Gasteiger partial charge in [-0.25, -0.2) is 17.8 Å². The summed E-state index contributed by atoms with van der Waals surface area (Å²) in [5, 5.41) is 6.18. The van der Waals surface area contributed by atoms with Crippen molar-refractivity contribution >= 4 is 50.7 Å². The van der Waals surface area contributed by atoms with Gasteiger partial charge in [-0.15, -0.1) is 5.10 Å². The number of nitrogens with zero attached hydrogens (tertiary/aromatic N) is 3. The van der Waals surface area contributed by atoms with E-state index in [0.717, 1.165) is 12.1 Å². The van der Waals surface area contributed by atoms with Gasteiger partial charge >= 0.3 is 6.18 Å². The predicted molar refractivity (Wildman–Crippen MR) is 102 cm³/mol. The van der Waals surface area contributed by atoms with E-state index in [9.17, 15) is 26.4 Å². The smallest absolute Gasteiger partial charge is 0.266 e. The number of hydrogen-bond acceptors (Lipinski definition) is 5. The lowest BCUT2D eigenvalue weighted by molar-refractivity contribution is -0.143. The van der Waals surface area contributed by atoms with Crippen molar-refractivity contribution in [2.45, 2.75) is 11.1 Å². The zero-order chi connectivity index (χ0) is 22.3. The highest BCUT2D eigenvalue weighted by molar-refractivity contribution is 7.90.